The number of allylic oxidation sites excluding steroid dienone is 2. The number of methoxy groups -OCH3 is 3. The molecule has 2 aromatic rings. The lowest BCUT2D eigenvalue weighted by atomic mass is 9.90. The van der Waals surface area contributed by atoms with Gasteiger partial charge in [-0.05, 0) is 49.3 Å². The van der Waals surface area contributed by atoms with E-state index >= 15 is 0 Å². The lowest BCUT2D eigenvalue weighted by molar-refractivity contribution is 0.0271. The van der Waals surface area contributed by atoms with E-state index in [-0.39, 0.29) is 6.61 Å². The zero-order chi connectivity index (χ0) is 21.0. The van der Waals surface area contributed by atoms with E-state index in [1.54, 1.807) is 23.5 Å². The highest BCUT2D eigenvalue weighted by Gasteiger charge is 2.37. The number of carbonyl (C=O) groups is 1. The zero-order valence-corrected chi connectivity index (χ0v) is 18.0. The standard InChI is InChI=1S/C22H25NO5S/c1-23(2)22(10-7-6-8-19-16(22)9-11-29-19)14-28-21(24)15-12-17(25-3)20(27-5)18(13-15)26-4/h6-13H,14H2,1-5H3. The summed E-state index contributed by atoms with van der Waals surface area (Å²) >= 11 is 1.66. The number of likely N-dealkylation sites (N-methyl/N-ethyl adjacent to an activating group) is 1. The van der Waals surface area contributed by atoms with Gasteiger partial charge in [-0.1, -0.05) is 18.2 Å². The van der Waals surface area contributed by atoms with Crippen molar-refractivity contribution in [3.63, 3.8) is 0 Å². The van der Waals surface area contributed by atoms with Crippen molar-refractivity contribution in [1.82, 2.24) is 4.90 Å². The van der Waals surface area contributed by atoms with Crippen LogP contribution in [0.5, 0.6) is 17.2 Å². The number of fused-ring (bicyclic) bond motifs is 1. The molecule has 6 nitrogen and oxygen atoms in total. The molecule has 0 amide bonds. The normalized spacial score (nSPS) is 17.6. The Bertz CT molecular complexity index is 921. The lowest BCUT2D eigenvalue weighted by Crippen LogP contribution is -2.44. The maximum atomic E-state index is 12.9. The second-order valence-electron chi connectivity index (χ2n) is 6.73. The molecule has 1 aliphatic carbocycles. The molecule has 0 saturated heterocycles. The van der Waals surface area contributed by atoms with Gasteiger partial charge in [-0.2, -0.15) is 0 Å². The molecular weight excluding hydrogens is 390 g/mol. The number of esters is 1. The highest BCUT2D eigenvalue weighted by molar-refractivity contribution is 7.11. The minimum Gasteiger partial charge on any atom is -0.493 e. The minimum atomic E-state index is -0.560. The average molecular weight is 416 g/mol. The van der Waals surface area contributed by atoms with Crippen LogP contribution in [-0.4, -0.2) is 52.9 Å². The molecule has 1 unspecified atom stereocenters. The number of rotatable bonds is 7. The Kier molecular flexibility index (Phi) is 6.30. The van der Waals surface area contributed by atoms with Gasteiger partial charge in [0.25, 0.3) is 0 Å². The summed E-state index contributed by atoms with van der Waals surface area (Å²) in [6.07, 6.45) is 8.12. The Morgan fingerprint density at radius 2 is 1.76 bits per heavy atom. The molecule has 0 bridgehead atoms. The van der Waals surface area contributed by atoms with Gasteiger partial charge in [-0.25, -0.2) is 4.79 Å². The van der Waals surface area contributed by atoms with Crippen molar-refractivity contribution in [2.24, 2.45) is 0 Å². The maximum Gasteiger partial charge on any atom is 0.338 e. The Labute approximate surface area is 174 Å². The summed E-state index contributed by atoms with van der Waals surface area (Å²) in [6, 6.07) is 5.26. The van der Waals surface area contributed by atoms with Crippen LogP contribution in [0.15, 0.2) is 41.8 Å². The van der Waals surface area contributed by atoms with E-state index in [4.69, 9.17) is 18.9 Å². The molecule has 0 radical (unpaired) electrons. The number of hydrogen-bond donors (Lipinski definition) is 0. The van der Waals surface area contributed by atoms with Crippen molar-refractivity contribution < 1.29 is 23.7 Å². The van der Waals surface area contributed by atoms with Crippen molar-refractivity contribution in [1.29, 1.82) is 0 Å². The van der Waals surface area contributed by atoms with E-state index in [0.717, 1.165) is 10.4 Å². The molecule has 1 atom stereocenters. The van der Waals surface area contributed by atoms with E-state index in [1.165, 1.54) is 21.3 Å². The fourth-order valence-corrected chi connectivity index (χ4v) is 4.24. The Morgan fingerprint density at radius 1 is 1.07 bits per heavy atom. The fourth-order valence-electron chi connectivity index (χ4n) is 3.36. The largest absolute Gasteiger partial charge is 0.493 e. The molecule has 1 heterocycles. The predicted molar refractivity (Wildman–Crippen MR) is 114 cm³/mol. The molecule has 1 aliphatic rings. The summed E-state index contributed by atoms with van der Waals surface area (Å²) in [5.41, 5.74) is 0.875. The van der Waals surface area contributed by atoms with Gasteiger partial charge >= 0.3 is 5.97 Å². The van der Waals surface area contributed by atoms with Crippen LogP contribution in [0.25, 0.3) is 6.08 Å². The fraction of sp³-hybridized carbons (Fsp3) is 0.318. The van der Waals surface area contributed by atoms with E-state index in [9.17, 15) is 4.79 Å². The first-order valence-corrected chi connectivity index (χ1v) is 9.93. The van der Waals surface area contributed by atoms with Gasteiger partial charge in [0.05, 0.1) is 26.9 Å². The smallest absolute Gasteiger partial charge is 0.338 e. The van der Waals surface area contributed by atoms with Crippen LogP contribution >= 0.6 is 11.3 Å². The van der Waals surface area contributed by atoms with Gasteiger partial charge in [0.15, 0.2) is 11.5 Å². The van der Waals surface area contributed by atoms with Gasteiger partial charge in [-0.15, -0.1) is 11.3 Å². The number of benzene rings is 1. The molecule has 1 aromatic heterocycles. The first-order chi connectivity index (χ1) is 14.0. The number of nitrogens with zero attached hydrogens (tertiary/aromatic N) is 1. The van der Waals surface area contributed by atoms with E-state index in [0.29, 0.717) is 22.8 Å². The maximum absolute atomic E-state index is 12.9. The second kappa shape index (κ2) is 8.71. The van der Waals surface area contributed by atoms with Crippen LogP contribution < -0.4 is 14.2 Å². The van der Waals surface area contributed by atoms with Gasteiger partial charge in [0.1, 0.15) is 12.1 Å². The second-order valence-corrected chi connectivity index (χ2v) is 7.67. The van der Waals surface area contributed by atoms with Crippen molar-refractivity contribution in [3.8, 4) is 17.2 Å². The van der Waals surface area contributed by atoms with Crippen molar-refractivity contribution >= 4 is 23.4 Å². The Morgan fingerprint density at radius 3 is 2.34 bits per heavy atom. The lowest BCUT2D eigenvalue weighted by Gasteiger charge is -2.37. The van der Waals surface area contributed by atoms with Crippen LogP contribution in [0.3, 0.4) is 0 Å². The molecular formula is C22H25NO5S. The quantitative estimate of drug-likeness (QED) is 0.638. The summed E-state index contributed by atoms with van der Waals surface area (Å²) < 4.78 is 21.8. The third-order valence-electron chi connectivity index (χ3n) is 5.01. The zero-order valence-electron chi connectivity index (χ0n) is 17.2. The molecule has 0 saturated carbocycles. The van der Waals surface area contributed by atoms with Crippen molar-refractivity contribution in [3.05, 3.63) is 57.8 Å². The third-order valence-corrected chi connectivity index (χ3v) is 5.90. The molecule has 3 rings (SSSR count). The molecule has 0 fully saturated rings. The first-order valence-electron chi connectivity index (χ1n) is 9.05. The van der Waals surface area contributed by atoms with E-state index in [1.807, 2.05) is 31.6 Å². The molecule has 154 valence electrons. The Balaban J connectivity index is 1.90. The van der Waals surface area contributed by atoms with Gasteiger partial charge < -0.3 is 18.9 Å². The van der Waals surface area contributed by atoms with Crippen molar-refractivity contribution in [2.45, 2.75) is 5.54 Å². The number of thiophene rings is 1. The monoisotopic (exact) mass is 415 g/mol. The number of carbonyl (C=O) groups excluding carboxylic acids is 1. The van der Waals surface area contributed by atoms with Gasteiger partial charge in [0.2, 0.25) is 5.75 Å². The first kappa shape index (κ1) is 21.0. The van der Waals surface area contributed by atoms with E-state index < -0.39 is 11.5 Å². The summed E-state index contributed by atoms with van der Waals surface area (Å²) in [5.74, 6) is 0.768. The van der Waals surface area contributed by atoms with Crippen molar-refractivity contribution in [2.75, 3.05) is 42.0 Å². The Hall–Kier alpha value is -2.77. The van der Waals surface area contributed by atoms with Gasteiger partial charge in [-0.3, -0.25) is 4.90 Å². The molecule has 7 heteroatoms. The molecule has 1 aromatic carbocycles. The van der Waals surface area contributed by atoms with Gasteiger partial charge in [0, 0.05) is 4.88 Å². The third kappa shape index (κ3) is 3.88. The molecule has 0 aliphatic heterocycles. The van der Waals surface area contributed by atoms with Crippen LogP contribution in [-0.2, 0) is 10.3 Å². The summed E-state index contributed by atoms with van der Waals surface area (Å²) in [5, 5.41) is 2.05. The highest BCUT2D eigenvalue weighted by atomic mass is 32.1. The topological polar surface area (TPSA) is 57.2 Å². The molecule has 0 spiro atoms. The highest BCUT2D eigenvalue weighted by Crippen LogP contribution is 2.39. The number of hydrogen-bond acceptors (Lipinski definition) is 7. The summed E-state index contributed by atoms with van der Waals surface area (Å²) in [4.78, 5) is 16.1. The van der Waals surface area contributed by atoms with Crippen LogP contribution in [0, 0.1) is 0 Å². The summed E-state index contributed by atoms with van der Waals surface area (Å²) in [7, 11) is 8.49. The number of ether oxygens (including phenoxy) is 4. The van der Waals surface area contributed by atoms with E-state index in [2.05, 4.69) is 23.1 Å². The van der Waals surface area contributed by atoms with Crippen LogP contribution in [0.1, 0.15) is 20.8 Å². The minimum absolute atomic E-state index is 0.164. The van der Waals surface area contributed by atoms with Crippen LogP contribution in [0.2, 0.25) is 0 Å². The average Bonchev–Trinajstić information content (AvgIpc) is 3.13. The molecule has 29 heavy (non-hydrogen) atoms. The molecule has 0 N–H and O–H groups in total. The van der Waals surface area contributed by atoms with Crippen LogP contribution in [0.4, 0.5) is 0 Å². The predicted octanol–water partition coefficient (Wildman–Crippen LogP) is 3.97. The summed E-state index contributed by atoms with van der Waals surface area (Å²) in [6.45, 7) is 0.164. The SMILES string of the molecule is COc1cc(C(=O)OCC2(N(C)C)C=CC=Cc3sccc32)cc(OC)c1OC.